The molecule has 8 heteroatoms. The Morgan fingerprint density at radius 3 is 2.18 bits per heavy atom. The highest BCUT2D eigenvalue weighted by atomic mass is 16.6. The van der Waals surface area contributed by atoms with E-state index in [0.29, 0.717) is 17.6 Å². The second-order valence-electron chi connectivity index (χ2n) is 9.11. The molecule has 0 aliphatic heterocycles. The highest BCUT2D eigenvalue weighted by Crippen LogP contribution is 2.33. The Hall–Kier alpha value is -2.61. The average Bonchev–Trinajstić information content (AvgIpc) is 2.83. The summed E-state index contributed by atoms with van der Waals surface area (Å²) in [5.74, 6) is 0.266. The minimum absolute atomic E-state index is 0.120. The van der Waals surface area contributed by atoms with Crippen LogP contribution < -0.4 is 10.1 Å². The molecule has 0 bridgehead atoms. The van der Waals surface area contributed by atoms with Gasteiger partial charge in [-0.05, 0) is 75.5 Å². The van der Waals surface area contributed by atoms with Gasteiger partial charge in [-0.1, -0.05) is 26.0 Å². The van der Waals surface area contributed by atoms with Crippen LogP contribution in [0.25, 0.3) is 0 Å². The summed E-state index contributed by atoms with van der Waals surface area (Å²) in [5, 5.41) is 13.5. The van der Waals surface area contributed by atoms with Gasteiger partial charge in [-0.15, -0.1) is 0 Å². The molecule has 1 aromatic carbocycles. The minimum Gasteiger partial charge on any atom is -0.482 e. The Bertz CT molecular complexity index is 785. The third-order valence-electron chi connectivity index (χ3n) is 6.36. The van der Waals surface area contributed by atoms with Crippen molar-refractivity contribution < 1.29 is 33.7 Å². The Morgan fingerprint density at radius 1 is 1.00 bits per heavy atom. The van der Waals surface area contributed by atoms with Crippen molar-refractivity contribution in [3.63, 3.8) is 0 Å². The van der Waals surface area contributed by atoms with Crippen LogP contribution in [0.1, 0.15) is 58.9 Å². The van der Waals surface area contributed by atoms with Crippen molar-refractivity contribution >= 4 is 17.8 Å². The van der Waals surface area contributed by atoms with E-state index in [4.69, 9.17) is 14.2 Å². The molecule has 1 saturated carbocycles. The van der Waals surface area contributed by atoms with Crippen LogP contribution in [-0.2, 0) is 30.3 Å². The lowest BCUT2D eigenvalue weighted by molar-refractivity contribution is -0.155. The molecular formula is C26H39NO7. The summed E-state index contributed by atoms with van der Waals surface area (Å²) in [5.41, 5.74) is 0.792. The van der Waals surface area contributed by atoms with Crippen LogP contribution in [0.4, 0.5) is 0 Å². The highest BCUT2D eigenvalue weighted by molar-refractivity contribution is 5.81. The molecule has 1 aliphatic rings. The summed E-state index contributed by atoms with van der Waals surface area (Å²) in [6, 6.07) is 6.10. The van der Waals surface area contributed by atoms with Gasteiger partial charge >= 0.3 is 11.9 Å². The quantitative estimate of drug-likeness (QED) is 0.445. The molecular weight excluding hydrogens is 438 g/mol. The first kappa shape index (κ1) is 27.6. The number of aliphatic hydroxyl groups is 1. The van der Waals surface area contributed by atoms with Gasteiger partial charge in [0.15, 0.2) is 12.7 Å². The fourth-order valence-electron chi connectivity index (χ4n) is 4.30. The van der Waals surface area contributed by atoms with E-state index in [1.807, 2.05) is 0 Å². The van der Waals surface area contributed by atoms with E-state index in [0.717, 1.165) is 31.2 Å². The molecule has 1 fully saturated rings. The van der Waals surface area contributed by atoms with Crippen molar-refractivity contribution in [1.82, 2.24) is 5.32 Å². The monoisotopic (exact) mass is 477 g/mol. The third kappa shape index (κ3) is 8.63. The number of amides is 1. The lowest BCUT2D eigenvalue weighted by Gasteiger charge is -2.32. The number of esters is 2. The van der Waals surface area contributed by atoms with Crippen molar-refractivity contribution in [2.75, 3.05) is 19.8 Å². The van der Waals surface area contributed by atoms with Gasteiger partial charge in [0.05, 0.1) is 19.3 Å². The van der Waals surface area contributed by atoms with E-state index in [1.54, 1.807) is 38.1 Å². The van der Waals surface area contributed by atoms with Crippen LogP contribution in [0, 0.1) is 17.8 Å². The van der Waals surface area contributed by atoms with Crippen molar-refractivity contribution in [3.8, 4) is 5.75 Å². The summed E-state index contributed by atoms with van der Waals surface area (Å²) in [6.07, 6.45) is 2.40. The fourth-order valence-corrected chi connectivity index (χ4v) is 4.30. The maximum absolute atomic E-state index is 13.0. The molecule has 0 aromatic heterocycles. The molecule has 0 radical (unpaired) electrons. The van der Waals surface area contributed by atoms with Gasteiger partial charge < -0.3 is 24.6 Å². The Kier molecular flexibility index (Phi) is 11.3. The molecule has 0 saturated heterocycles. The van der Waals surface area contributed by atoms with E-state index in [2.05, 4.69) is 19.2 Å². The molecule has 1 aliphatic carbocycles. The molecule has 2 rings (SSSR count). The van der Waals surface area contributed by atoms with Crippen LogP contribution in [-0.4, -0.2) is 54.9 Å². The molecule has 34 heavy (non-hydrogen) atoms. The molecule has 1 aromatic rings. The fraction of sp³-hybridized carbons (Fsp3) is 0.654. The van der Waals surface area contributed by atoms with Crippen molar-refractivity contribution in [2.24, 2.45) is 17.8 Å². The van der Waals surface area contributed by atoms with Gasteiger partial charge in [-0.25, -0.2) is 9.59 Å². The normalized spacial score (nSPS) is 19.7. The zero-order valence-electron chi connectivity index (χ0n) is 20.7. The Labute approximate surface area is 202 Å². The summed E-state index contributed by atoms with van der Waals surface area (Å²) in [7, 11) is 0. The lowest BCUT2D eigenvalue weighted by Crippen LogP contribution is -2.50. The van der Waals surface area contributed by atoms with E-state index < -0.39 is 24.1 Å². The maximum Gasteiger partial charge on any atom is 0.344 e. The van der Waals surface area contributed by atoms with Crippen LogP contribution in [0.5, 0.6) is 5.75 Å². The van der Waals surface area contributed by atoms with Gasteiger partial charge in [0.1, 0.15) is 5.75 Å². The van der Waals surface area contributed by atoms with Gasteiger partial charge in [0, 0.05) is 5.92 Å². The van der Waals surface area contributed by atoms with Gasteiger partial charge in [-0.3, -0.25) is 4.79 Å². The zero-order chi connectivity index (χ0) is 25.1. The summed E-state index contributed by atoms with van der Waals surface area (Å²) < 4.78 is 15.2. The number of rotatable bonds is 12. The smallest absolute Gasteiger partial charge is 0.344 e. The summed E-state index contributed by atoms with van der Waals surface area (Å²) >= 11 is 0. The molecule has 2 atom stereocenters. The minimum atomic E-state index is -1.48. The molecule has 8 nitrogen and oxygen atoms in total. The summed E-state index contributed by atoms with van der Waals surface area (Å²) in [4.78, 5) is 36.6. The first-order valence-electron chi connectivity index (χ1n) is 12.3. The molecule has 1 unspecified atom stereocenters. The molecule has 190 valence electrons. The largest absolute Gasteiger partial charge is 0.482 e. The topological polar surface area (TPSA) is 111 Å². The number of hydrogen-bond acceptors (Lipinski definition) is 7. The molecule has 0 heterocycles. The Morgan fingerprint density at radius 2 is 1.62 bits per heavy atom. The number of carbonyl (C=O) groups excluding carboxylic acids is 3. The molecule has 0 spiro atoms. The Balaban J connectivity index is 2.02. The molecule has 2 N–H and O–H groups in total. The zero-order valence-corrected chi connectivity index (χ0v) is 20.7. The van der Waals surface area contributed by atoms with E-state index in [1.165, 1.54) is 0 Å². The van der Waals surface area contributed by atoms with Gasteiger partial charge in [0.25, 0.3) is 0 Å². The van der Waals surface area contributed by atoms with E-state index >= 15 is 0 Å². The second kappa shape index (κ2) is 13.9. The SMILES string of the molecule is CCOC(=O)COc1ccc(C[C@H](NC(=O)C2CCC(C(C)C)CC2)C(O)C(=O)OCC)cc1. The van der Waals surface area contributed by atoms with E-state index in [9.17, 15) is 19.5 Å². The van der Waals surface area contributed by atoms with Crippen LogP contribution in [0.3, 0.4) is 0 Å². The van der Waals surface area contributed by atoms with Crippen LogP contribution in [0.15, 0.2) is 24.3 Å². The molecule has 1 amide bonds. The van der Waals surface area contributed by atoms with Crippen molar-refractivity contribution in [2.45, 2.75) is 71.9 Å². The number of nitrogens with one attached hydrogen (secondary N) is 1. The van der Waals surface area contributed by atoms with Crippen LogP contribution >= 0.6 is 0 Å². The summed E-state index contributed by atoms with van der Waals surface area (Å²) in [6.45, 7) is 8.06. The lowest BCUT2D eigenvalue weighted by atomic mass is 9.76. The standard InChI is InChI=1S/C26H39NO7/c1-5-32-23(28)16-34-21-13-7-18(8-14-21)15-22(24(29)26(31)33-6-2)27-25(30)20-11-9-19(10-12-20)17(3)4/h7-8,13-14,17,19-20,22,24,29H,5-6,9-12,15-16H2,1-4H3,(H,27,30)/t19?,20?,22-,24?/m0/s1. The number of benzene rings is 1. The van der Waals surface area contributed by atoms with Crippen LogP contribution in [0.2, 0.25) is 0 Å². The highest BCUT2D eigenvalue weighted by Gasteiger charge is 2.33. The first-order valence-corrected chi connectivity index (χ1v) is 12.3. The number of hydrogen-bond donors (Lipinski definition) is 2. The predicted molar refractivity (Wildman–Crippen MR) is 127 cm³/mol. The second-order valence-corrected chi connectivity index (χ2v) is 9.11. The average molecular weight is 478 g/mol. The number of aliphatic hydroxyl groups excluding tert-OH is 1. The van der Waals surface area contributed by atoms with Gasteiger partial charge in [-0.2, -0.15) is 0 Å². The predicted octanol–water partition coefficient (Wildman–Crippen LogP) is 3.04. The van der Waals surface area contributed by atoms with Crippen molar-refractivity contribution in [3.05, 3.63) is 29.8 Å². The maximum atomic E-state index is 13.0. The van der Waals surface area contributed by atoms with Gasteiger partial charge in [0.2, 0.25) is 5.91 Å². The van der Waals surface area contributed by atoms with Crippen molar-refractivity contribution in [1.29, 1.82) is 0 Å². The van der Waals surface area contributed by atoms with E-state index in [-0.39, 0.29) is 38.1 Å². The first-order chi connectivity index (χ1) is 16.2. The number of ether oxygens (including phenoxy) is 3. The third-order valence-corrected chi connectivity index (χ3v) is 6.36. The number of carbonyl (C=O) groups is 3.